The third kappa shape index (κ3) is 6.83. The van der Waals surface area contributed by atoms with Crippen molar-refractivity contribution in [2.45, 2.75) is 75.9 Å². The lowest BCUT2D eigenvalue weighted by Crippen LogP contribution is -2.53. The molecule has 1 aliphatic carbocycles. The summed E-state index contributed by atoms with van der Waals surface area (Å²) in [5, 5.41) is 3.05. The molecule has 0 radical (unpaired) electrons. The van der Waals surface area contributed by atoms with Crippen LogP contribution in [0.4, 0.5) is 24.8 Å². The highest BCUT2D eigenvalue weighted by Gasteiger charge is 2.45. The van der Waals surface area contributed by atoms with Crippen LogP contribution in [-0.4, -0.2) is 45.7 Å². The number of amides is 3. The van der Waals surface area contributed by atoms with E-state index >= 15 is 4.39 Å². The molecule has 0 bridgehead atoms. The molecule has 3 aromatic rings. The smallest absolute Gasteiger partial charge is 0.251 e. The number of nitrogens with one attached hydrogen (secondary N) is 1. The topological polar surface area (TPSA) is 95.5 Å². The van der Waals surface area contributed by atoms with Crippen molar-refractivity contribution in [3.63, 3.8) is 0 Å². The summed E-state index contributed by atoms with van der Waals surface area (Å²) in [7, 11) is 0. The molecule has 0 spiro atoms. The average molecular weight is 649 g/mol. The molecule has 13 heteroatoms. The van der Waals surface area contributed by atoms with E-state index in [1.165, 1.54) is 18.3 Å². The van der Waals surface area contributed by atoms with Crippen LogP contribution in [0.5, 0.6) is 0 Å². The van der Waals surface area contributed by atoms with Crippen LogP contribution in [-0.2, 0) is 20.8 Å². The summed E-state index contributed by atoms with van der Waals surface area (Å²) in [5.74, 6) is -5.36. The number of alkyl halides is 2. The molecule has 1 N–H and O–H groups in total. The average Bonchev–Trinajstić information content (AvgIpc) is 3.38. The van der Waals surface area contributed by atoms with Crippen LogP contribution in [0.15, 0.2) is 54.7 Å². The number of nitrogens with zero attached hydrogens (tertiary/aromatic N) is 4. The van der Waals surface area contributed by atoms with E-state index in [0.29, 0.717) is 12.0 Å². The fraction of sp³-hybridized carbons (Fsp3) is 0.387. The molecular weight excluding hydrogens is 618 g/mol. The molecule has 1 aromatic heterocycles. The molecule has 232 valence electrons. The monoisotopic (exact) mass is 647 g/mol. The van der Waals surface area contributed by atoms with Gasteiger partial charge < -0.3 is 5.32 Å². The summed E-state index contributed by atoms with van der Waals surface area (Å²) in [6.07, 6.45) is 1.13. The van der Waals surface area contributed by atoms with Crippen molar-refractivity contribution in [2.75, 3.05) is 9.80 Å². The quantitative estimate of drug-likeness (QED) is 0.284. The Morgan fingerprint density at radius 3 is 2.52 bits per heavy atom. The molecule has 2 heterocycles. The number of anilines is 2. The Kier molecular flexibility index (Phi) is 9.45. The van der Waals surface area contributed by atoms with Crippen molar-refractivity contribution in [2.24, 2.45) is 0 Å². The first-order valence-corrected chi connectivity index (χ1v) is 15.1. The number of hydrogen-bond donors (Lipinski definition) is 1. The van der Waals surface area contributed by atoms with Crippen LogP contribution in [0.1, 0.15) is 62.6 Å². The third-order valence-electron chi connectivity index (χ3n) is 7.96. The van der Waals surface area contributed by atoms with Crippen LogP contribution in [0.3, 0.4) is 0 Å². The van der Waals surface area contributed by atoms with E-state index in [4.69, 9.17) is 23.2 Å². The Morgan fingerprint density at radius 1 is 1.11 bits per heavy atom. The molecule has 5 rings (SSSR count). The highest BCUT2D eigenvalue weighted by atomic mass is 35.5. The number of rotatable bonds is 8. The highest BCUT2D eigenvalue weighted by Crippen LogP contribution is 2.38. The molecule has 1 saturated heterocycles. The van der Waals surface area contributed by atoms with Crippen LogP contribution in [0, 0.1) is 5.82 Å². The summed E-state index contributed by atoms with van der Waals surface area (Å²) in [4.78, 5) is 52.5. The molecule has 1 unspecified atom stereocenters. The van der Waals surface area contributed by atoms with Crippen molar-refractivity contribution in [1.29, 1.82) is 0 Å². The largest absolute Gasteiger partial charge is 0.351 e. The minimum absolute atomic E-state index is 0.0112. The van der Waals surface area contributed by atoms with Crippen LogP contribution >= 0.6 is 23.2 Å². The van der Waals surface area contributed by atoms with Gasteiger partial charge in [0.2, 0.25) is 23.7 Å². The normalized spacial score (nSPS) is 19.1. The van der Waals surface area contributed by atoms with E-state index < -0.39 is 47.6 Å². The van der Waals surface area contributed by atoms with Crippen molar-refractivity contribution < 1.29 is 27.6 Å². The zero-order valence-corrected chi connectivity index (χ0v) is 25.3. The summed E-state index contributed by atoms with van der Waals surface area (Å²) in [6.45, 7) is 1.82. The van der Waals surface area contributed by atoms with Gasteiger partial charge >= 0.3 is 0 Å². The molecule has 44 heavy (non-hydrogen) atoms. The number of hydrogen-bond acceptors (Lipinski definition) is 5. The van der Waals surface area contributed by atoms with E-state index in [2.05, 4.69) is 15.3 Å². The second-order valence-corrected chi connectivity index (χ2v) is 11.7. The number of benzene rings is 2. The summed E-state index contributed by atoms with van der Waals surface area (Å²) in [5.41, 5.74) is 0.856. The maximum absolute atomic E-state index is 15.0. The van der Waals surface area contributed by atoms with E-state index in [1.54, 1.807) is 30.3 Å². The van der Waals surface area contributed by atoms with Gasteiger partial charge in [0.25, 0.3) is 5.91 Å². The van der Waals surface area contributed by atoms with Crippen molar-refractivity contribution >= 4 is 52.6 Å². The standard InChI is InChI=1S/C31H30Cl2F3N5O3/c1-2-18-15-19(34)17-21(16-18)40(29(44)24-7-8-26(42)41(24)30-37-14-11-25(33)39-30)27(22-5-3-4-6-23(22)32)28(43)38-20-9-12-31(35,36)13-10-20/h3-6,11,14-17,20,24,27H,2,7-10,12-13H2,1H3,(H,38,43)/t24-,27?/m0/s1. The Labute approximate surface area is 262 Å². The highest BCUT2D eigenvalue weighted by molar-refractivity contribution is 6.32. The molecule has 2 fully saturated rings. The first-order valence-electron chi connectivity index (χ1n) is 14.3. The van der Waals surface area contributed by atoms with Gasteiger partial charge in [-0.2, -0.15) is 0 Å². The van der Waals surface area contributed by atoms with Gasteiger partial charge in [0.15, 0.2) is 0 Å². The first kappa shape index (κ1) is 31.7. The third-order valence-corrected chi connectivity index (χ3v) is 8.51. The van der Waals surface area contributed by atoms with Gasteiger partial charge in [-0.15, -0.1) is 0 Å². The molecule has 2 aliphatic rings. The molecule has 8 nitrogen and oxygen atoms in total. The summed E-state index contributed by atoms with van der Waals surface area (Å²) >= 11 is 12.7. The molecule has 1 aliphatic heterocycles. The molecular formula is C31H30Cl2F3N5O3. The number of carbonyl (C=O) groups is 3. The maximum atomic E-state index is 15.0. The van der Waals surface area contributed by atoms with Gasteiger partial charge in [-0.1, -0.05) is 48.3 Å². The van der Waals surface area contributed by atoms with Crippen LogP contribution < -0.4 is 15.1 Å². The van der Waals surface area contributed by atoms with Gasteiger partial charge in [-0.3, -0.25) is 24.2 Å². The summed E-state index contributed by atoms with van der Waals surface area (Å²) < 4.78 is 42.8. The molecule has 2 aromatic carbocycles. The van der Waals surface area contributed by atoms with Gasteiger partial charge in [0.1, 0.15) is 23.1 Å². The zero-order valence-electron chi connectivity index (χ0n) is 23.8. The predicted octanol–water partition coefficient (Wildman–Crippen LogP) is 6.45. The van der Waals surface area contributed by atoms with E-state index in [9.17, 15) is 23.2 Å². The lowest BCUT2D eigenvalue weighted by molar-refractivity contribution is -0.128. The lowest BCUT2D eigenvalue weighted by Gasteiger charge is -2.37. The SMILES string of the molecule is CCc1cc(F)cc(N(C(=O)[C@@H]2CCC(=O)N2c2nccc(Cl)n2)C(C(=O)NC2CCC(F)(F)CC2)c2ccccc2Cl)c1. The Hall–Kier alpha value is -3.70. The Bertz CT molecular complexity index is 1570. The zero-order chi connectivity index (χ0) is 31.6. The number of carbonyl (C=O) groups excluding carboxylic acids is 3. The minimum atomic E-state index is -2.82. The number of halogens is 5. The molecule has 3 amide bonds. The van der Waals surface area contributed by atoms with E-state index in [1.807, 2.05) is 6.92 Å². The van der Waals surface area contributed by atoms with Crippen molar-refractivity contribution in [3.8, 4) is 0 Å². The van der Waals surface area contributed by atoms with E-state index in [0.717, 1.165) is 15.9 Å². The minimum Gasteiger partial charge on any atom is -0.351 e. The molecule has 1 saturated carbocycles. The second kappa shape index (κ2) is 13.1. The van der Waals surface area contributed by atoms with Crippen LogP contribution in [0.2, 0.25) is 10.2 Å². The van der Waals surface area contributed by atoms with Crippen LogP contribution in [0.25, 0.3) is 0 Å². The van der Waals surface area contributed by atoms with Gasteiger partial charge in [0, 0.05) is 47.8 Å². The predicted molar refractivity (Wildman–Crippen MR) is 160 cm³/mol. The molecule has 2 atom stereocenters. The van der Waals surface area contributed by atoms with Crippen molar-refractivity contribution in [3.05, 3.63) is 81.8 Å². The maximum Gasteiger partial charge on any atom is 0.251 e. The van der Waals surface area contributed by atoms with E-state index in [-0.39, 0.29) is 65.9 Å². The Morgan fingerprint density at radius 2 is 1.84 bits per heavy atom. The van der Waals surface area contributed by atoms with Crippen molar-refractivity contribution in [1.82, 2.24) is 15.3 Å². The van der Waals surface area contributed by atoms with Gasteiger partial charge in [0.05, 0.1) is 0 Å². The number of aromatic nitrogens is 2. The first-order chi connectivity index (χ1) is 21.0. The fourth-order valence-corrected chi connectivity index (χ4v) is 6.08. The van der Waals surface area contributed by atoms with Gasteiger partial charge in [-0.25, -0.2) is 23.1 Å². The number of aryl methyl sites for hydroxylation is 1. The van der Waals surface area contributed by atoms with Gasteiger partial charge in [-0.05, 0) is 61.6 Å². The second-order valence-electron chi connectivity index (χ2n) is 10.9. The Balaban J connectivity index is 1.62. The fourth-order valence-electron chi connectivity index (χ4n) is 5.71. The summed E-state index contributed by atoms with van der Waals surface area (Å²) in [6, 6.07) is 8.70. The lowest BCUT2D eigenvalue weighted by atomic mass is 9.91.